The first kappa shape index (κ1) is 8.92. The maximum Gasteiger partial charge on any atom is 0.125 e. The van der Waals surface area contributed by atoms with Gasteiger partial charge >= 0.3 is 0 Å². The smallest absolute Gasteiger partial charge is 0.125 e. The maximum atomic E-state index is 8.33. The Kier molecular flexibility index (Phi) is 2.27. The average Bonchev–Trinajstić information content (AvgIpc) is 2.34. The number of hydrogen-bond acceptors (Lipinski definition) is 4. The van der Waals surface area contributed by atoms with E-state index in [1.165, 1.54) is 6.21 Å². The zero-order valence-electron chi connectivity index (χ0n) is 7.37. The molecule has 12 heavy (non-hydrogen) atoms. The minimum Gasteiger partial charge on any atom is -0.411 e. The fourth-order valence-electron chi connectivity index (χ4n) is 0.936. The molecule has 0 aliphatic heterocycles. The van der Waals surface area contributed by atoms with Crippen LogP contribution >= 0.6 is 0 Å². The molecule has 0 unspecified atom stereocenters. The van der Waals surface area contributed by atoms with Crippen molar-refractivity contribution in [1.82, 2.24) is 15.4 Å². The van der Waals surface area contributed by atoms with Gasteiger partial charge in [-0.05, 0) is 0 Å². The van der Waals surface area contributed by atoms with Crippen LogP contribution in [0.2, 0.25) is 19.6 Å². The molecule has 2 N–H and O–H groups in total. The Balaban J connectivity index is 3.07. The highest BCUT2D eigenvalue weighted by Crippen LogP contribution is 2.00. The van der Waals surface area contributed by atoms with E-state index in [1.54, 1.807) is 0 Å². The van der Waals surface area contributed by atoms with E-state index >= 15 is 0 Å². The molecule has 0 saturated carbocycles. The molecule has 0 spiro atoms. The number of aromatic amines is 1. The molecule has 6 heteroatoms. The zero-order valence-corrected chi connectivity index (χ0v) is 8.37. The van der Waals surface area contributed by atoms with Crippen molar-refractivity contribution < 1.29 is 5.21 Å². The number of hydrogen-bond donors (Lipinski definition) is 2. The van der Waals surface area contributed by atoms with E-state index in [0.29, 0.717) is 5.69 Å². The third-order valence-electron chi connectivity index (χ3n) is 1.47. The first-order valence-electron chi connectivity index (χ1n) is 3.64. The molecule has 0 fully saturated rings. The lowest BCUT2D eigenvalue weighted by molar-refractivity contribution is 0.321. The first-order chi connectivity index (χ1) is 5.55. The molecule has 5 nitrogen and oxygen atoms in total. The molecule has 0 saturated heterocycles. The fourth-order valence-corrected chi connectivity index (χ4v) is 2.21. The topological polar surface area (TPSA) is 74.2 Å². The average molecular weight is 184 g/mol. The summed E-state index contributed by atoms with van der Waals surface area (Å²) >= 11 is 0. The molecular weight excluding hydrogens is 172 g/mol. The van der Waals surface area contributed by atoms with Gasteiger partial charge in [0, 0.05) is 0 Å². The second-order valence-electron chi connectivity index (χ2n) is 3.55. The predicted octanol–water partition coefficient (Wildman–Crippen LogP) is 0.158. The maximum absolute atomic E-state index is 8.33. The van der Waals surface area contributed by atoms with E-state index in [9.17, 15) is 0 Å². The lowest BCUT2D eigenvalue weighted by atomic mass is 10.5. The Labute approximate surface area is 71.5 Å². The number of rotatable bonds is 2. The summed E-state index contributed by atoms with van der Waals surface area (Å²) < 4.78 is 0. The molecule has 1 aromatic rings. The van der Waals surface area contributed by atoms with Gasteiger partial charge in [0.15, 0.2) is 0 Å². The third kappa shape index (κ3) is 1.70. The van der Waals surface area contributed by atoms with Crippen molar-refractivity contribution in [2.24, 2.45) is 5.16 Å². The monoisotopic (exact) mass is 184 g/mol. The molecule has 0 aromatic carbocycles. The van der Waals surface area contributed by atoms with Crippen LogP contribution in [-0.2, 0) is 0 Å². The van der Waals surface area contributed by atoms with Gasteiger partial charge in [0.1, 0.15) is 13.8 Å². The lowest BCUT2D eigenvalue weighted by Gasteiger charge is -2.11. The van der Waals surface area contributed by atoms with E-state index in [4.69, 9.17) is 5.21 Å². The van der Waals surface area contributed by atoms with Gasteiger partial charge in [0.05, 0.1) is 11.5 Å². The van der Waals surface area contributed by atoms with Gasteiger partial charge in [0.25, 0.3) is 0 Å². The molecule has 1 heterocycles. The summed E-state index contributed by atoms with van der Waals surface area (Å²) in [6.45, 7) is 6.46. The van der Waals surface area contributed by atoms with Gasteiger partial charge in [-0.15, -0.1) is 0 Å². The van der Waals surface area contributed by atoms with Crippen molar-refractivity contribution in [2.75, 3.05) is 0 Å². The van der Waals surface area contributed by atoms with Crippen LogP contribution in [0, 0.1) is 0 Å². The lowest BCUT2D eigenvalue weighted by Crippen LogP contribution is -2.41. The van der Waals surface area contributed by atoms with Gasteiger partial charge in [0.2, 0.25) is 0 Å². The largest absolute Gasteiger partial charge is 0.411 e. The van der Waals surface area contributed by atoms with Crippen molar-refractivity contribution in [3.63, 3.8) is 0 Å². The molecule has 1 aromatic heterocycles. The van der Waals surface area contributed by atoms with Crippen molar-refractivity contribution in [3.05, 3.63) is 5.69 Å². The quantitative estimate of drug-likeness (QED) is 0.297. The zero-order chi connectivity index (χ0) is 9.19. The molecular formula is C6H12N4OSi. The molecule has 0 aliphatic rings. The molecule has 66 valence electrons. The molecule has 1 rings (SSSR count). The normalized spacial score (nSPS) is 12.6. The highest BCUT2D eigenvalue weighted by atomic mass is 28.3. The van der Waals surface area contributed by atoms with Crippen molar-refractivity contribution in [1.29, 1.82) is 0 Å². The Morgan fingerprint density at radius 2 is 2.08 bits per heavy atom. The third-order valence-corrected chi connectivity index (χ3v) is 3.25. The number of oxime groups is 1. The predicted molar refractivity (Wildman–Crippen MR) is 48.7 cm³/mol. The first-order valence-corrected chi connectivity index (χ1v) is 7.14. The standard InChI is InChI=1S/C6H12N4OSi/c1-12(2,3)6-5(4-7-11)8-10-9-6/h4,11H,1-3H3,(H,8,9,10). The van der Waals surface area contributed by atoms with Crippen LogP contribution in [0.1, 0.15) is 5.69 Å². The van der Waals surface area contributed by atoms with Crippen LogP contribution in [0.25, 0.3) is 0 Å². The number of aromatic nitrogens is 3. The summed E-state index contributed by atoms with van der Waals surface area (Å²) in [5.41, 5.74) is 0.636. The van der Waals surface area contributed by atoms with Gasteiger partial charge < -0.3 is 5.21 Å². The van der Waals surface area contributed by atoms with Crippen LogP contribution < -0.4 is 5.32 Å². The Hall–Kier alpha value is -1.17. The highest BCUT2D eigenvalue weighted by Gasteiger charge is 2.23. The molecule has 0 amide bonds. The minimum atomic E-state index is -1.47. The Morgan fingerprint density at radius 1 is 1.42 bits per heavy atom. The van der Waals surface area contributed by atoms with Crippen LogP contribution in [0.4, 0.5) is 0 Å². The molecule has 0 radical (unpaired) electrons. The van der Waals surface area contributed by atoms with Gasteiger partial charge in [-0.25, -0.2) is 0 Å². The summed E-state index contributed by atoms with van der Waals surface area (Å²) in [6.07, 6.45) is 1.30. The summed E-state index contributed by atoms with van der Waals surface area (Å²) in [7, 11) is -1.47. The Bertz CT molecular complexity index is 288. The summed E-state index contributed by atoms with van der Waals surface area (Å²) in [4.78, 5) is 0. The van der Waals surface area contributed by atoms with Crippen molar-refractivity contribution in [2.45, 2.75) is 19.6 Å². The van der Waals surface area contributed by atoms with Crippen LogP contribution in [0.3, 0.4) is 0 Å². The highest BCUT2D eigenvalue weighted by molar-refractivity contribution is 6.88. The summed E-state index contributed by atoms with van der Waals surface area (Å²) in [5, 5.41) is 22.6. The van der Waals surface area contributed by atoms with Gasteiger partial charge in [-0.2, -0.15) is 15.4 Å². The number of nitrogens with one attached hydrogen (secondary N) is 1. The minimum absolute atomic E-state index is 0.636. The van der Waals surface area contributed by atoms with Gasteiger partial charge in [-0.3, -0.25) is 0 Å². The van der Waals surface area contributed by atoms with Crippen LogP contribution in [0.15, 0.2) is 5.16 Å². The van der Waals surface area contributed by atoms with Gasteiger partial charge in [-0.1, -0.05) is 24.8 Å². The van der Waals surface area contributed by atoms with Crippen molar-refractivity contribution >= 4 is 19.6 Å². The van der Waals surface area contributed by atoms with Crippen LogP contribution in [0.5, 0.6) is 0 Å². The van der Waals surface area contributed by atoms with E-state index in [1.807, 2.05) is 0 Å². The molecule has 0 bridgehead atoms. The Morgan fingerprint density at radius 3 is 2.58 bits per heavy atom. The molecule has 0 atom stereocenters. The second kappa shape index (κ2) is 3.06. The second-order valence-corrected chi connectivity index (χ2v) is 8.53. The van der Waals surface area contributed by atoms with E-state index in [-0.39, 0.29) is 0 Å². The van der Waals surface area contributed by atoms with E-state index in [0.717, 1.165) is 5.32 Å². The number of H-pyrrole nitrogens is 1. The number of nitrogens with zero attached hydrogens (tertiary/aromatic N) is 3. The SMILES string of the molecule is C[Si](C)(C)c1n[nH]nc1C=NO. The molecule has 0 aliphatic carbocycles. The van der Waals surface area contributed by atoms with Crippen LogP contribution in [-0.4, -0.2) is 34.9 Å². The van der Waals surface area contributed by atoms with Crippen molar-refractivity contribution in [3.8, 4) is 0 Å². The van der Waals surface area contributed by atoms with E-state index < -0.39 is 8.07 Å². The fraction of sp³-hybridized carbons (Fsp3) is 0.500. The summed E-state index contributed by atoms with van der Waals surface area (Å²) in [5.74, 6) is 0. The summed E-state index contributed by atoms with van der Waals surface area (Å²) in [6, 6.07) is 0. The van der Waals surface area contributed by atoms with E-state index in [2.05, 4.69) is 40.2 Å².